The summed E-state index contributed by atoms with van der Waals surface area (Å²) in [5.74, 6) is -0.224. The van der Waals surface area contributed by atoms with Crippen LogP contribution in [-0.2, 0) is 16.0 Å². The van der Waals surface area contributed by atoms with Crippen LogP contribution in [0.1, 0.15) is 4.88 Å². The molecule has 8 heteroatoms. The van der Waals surface area contributed by atoms with Crippen molar-refractivity contribution in [3.8, 4) is 21.9 Å². The fraction of sp³-hybridized carbons (Fsp3) is 0.200. The van der Waals surface area contributed by atoms with E-state index < -0.39 is 11.8 Å². The molecule has 0 fully saturated rings. The Morgan fingerprint density at radius 2 is 1.86 bits per heavy atom. The smallest absolute Gasteiger partial charge is 0.313 e. The molecule has 1 aliphatic rings. The van der Waals surface area contributed by atoms with Crippen molar-refractivity contribution in [3.63, 3.8) is 0 Å². The number of rotatable bonds is 5. The molecule has 1 aromatic carbocycles. The molecule has 144 valence electrons. The number of hydrogen-bond donors (Lipinski definition) is 2. The molecule has 2 amide bonds. The highest BCUT2D eigenvalue weighted by atomic mass is 32.1. The lowest BCUT2D eigenvalue weighted by atomic mass is 10.2. The first-order valence-corrected chi connectivity index (χ1v) is 9.61. The Morgan fingerprint density at radius 3 is 2.68 bits per heavy atom. The number of fused-ring (bicyclic) bond motifs is 1. The van der Waals surface area contributed by atoms with Gasteiger partial charge in [0.15, 0.2) is 11.5 Å². The van der Waals surface area contributed by atoms with Crippen LogP contribution in [-0.4, -0.2) is 31.6 Å². The Hall–Kier alpha value is -3.26. The summed E-state index contributed by atoms with van der Waals surface area (Å²) in [5.41, 5.74) is 1.51. The Kier molecular flexibility index (Phi) is 5.29. The third-order valence-corrected chi connectivity index (χ3v) is 5.32. The molecule has 0 unspecified atom stereocenters. The van der Waals surface area contributed by atoms with E-state index in [-0.39, 0.29) is 0 Å². The number of thiophene rings is 1. The molecule has 1 aliphatic heterocycles. The Labute approximate surface area is 165 Å². The predicted octanol–water partition coefficient (Wildman–Crippen LogP) is 3.08. The highest BCUT2D eigenvalue weighted by Gasteiger charge is 2.16. The summed E-state index contributed by atoms with van der Waals surface area (Å²) in [6.45, 7) is 1.32. The SMILES string of the molecule is O=C(NCCc1ccc(-c2ccoc2)s1)C(=O)Nc1ccc2c(c1)OCCO2. The maximum absolute atomic E-state index is 12.1. The molecule has 3 heterocycles. The van der Waals surface area contributed by atoms with Crippen molar-refractivity contribution in [2.45, 2.75) is 6.42 Å². The van der Waals surface area contributed by atoms with E-state index in [9.17, 15) is 9.59 Å². The highest BCUT2D eigenvalue weighted by Crippen LogP contribution is 2.32. The number of anilines is 1. The summed E-state index contributed by atoms with van der Waals surface area (Å²) >= 11 is 1.63. The quantitative estimate of drug-likeness (QED) is 0.645. The second-order valence-corrected chi connectivity index (χ2v) is 7.26. The minimum absolute atomic E-state index is 0.374. The third kappa shape index (κ3) is 4.17. The minimum Gasteiger partial charge on any atom is -0.486 e. The Bertz CT molecular complexity index is 980. The largest absolute Gasteiger partial charge is 0.486 e. The summed E-state index contributed by atoms with van der Waals surface area (Å²) in [7, 11) is 0. The van der Waals surface area contributed by atoms with E-state index in [0.29, 0.717) is 43.4 Å². The molecule has 4 rings (SSSR count). The molecule has 0 atom stereocenters. The van der Waals surface area contributed by atoms with Gasteiger partial charge in [0.2, 0.25) is 0 Å². The monoisotopic (exact) mass is 398 g/mol. The summed E-state index contributed by atoms with van der Waals surface area (Å²) < 4.78 is 16.0. The lowest BCUT2D eigenvalue weighted by Crippen LogP contribution is -2.36. The summed E-state index contributed by atoms with van der Waals surface area (Å²) in [6.07, 6.45) is 3.97. The van der Waals surface area contributed by atoms with Gasteiger partial charge in [0.05, 0.1) is 12.5 Å². The lowest BCUT2D eigenvalue weighted by Gasteiger charge is -2.18. The van der Waals surface area contributed by atoms with Gasteiger partial charge < -0.3 is 24.5 Å². The normalized spacial score (nSPS) is 12.4. The Morgan fingerprint density at radius 1 is 1.00 bits per heavy atom. The van der Waals surface area contributed by atoms with Gasteiger partial charge in [-0.2, -0.15) is 0 Å². The maximum Gasteiger partial charge on any atom is 0.313 e. The van der Waals surface area contributed by atoms with Crippen molar-refractivity contribution >= 4 is 28.8 Å². The number of carbonyl (C=O) groups is 2. The number of ether oxygens (including phenoxy) is 2. The van der Waals surface area contributed by atoms with E-state index in [2.05, 4.69) is 10.6 Å². The molecule has 0 aliphatic carbocycles. The highest BCUT2D eigenvalue weighted by molar-refractivity contribution is 7.15. The number of furan rings is 1. The zero-order chi connectivity index (χ0) is 19.3. The topological polar surface area (TPSA) is 89.8 Å². The van der Waals surface area contributed by atoms with Crippen LogP contribution in [0.4, 0.5) is 5.69 Å². The van der Waals surface area contributed by atoms with Crippen molar-refractivity contribution in [2.75, 3.05) is 25.1 Å². The van der Waals surface area contributed by atoms with Crippen molar-refractivity contribution in [2.24, 2.45) is 0 Å². The van der Waals surface area contributed by atoms with Gasteiger partial charge >= 0.3 is 11.8 Å². The molecule has 0 spiro atoms. The summed E-state index contributed by atoms with van der Waals surface area (Å²) in [5, 5.41) is 5.21. The third-order valence-electron chi connectivity index (χ3n) is 4.13. The molecule has 7 nitrogen and oxygen atoms in total. The van der Waals surface area contributed by atoms with Gasteiger partial charge in [-0.25, -0.2) is 0 Å². The minimum atomic E-state index is -0.720. The van der Waals surface area contributed by atoms with E-state index in [1.807, 2.05) is 18.2 Å². The van der Waals surface area contributed by atoms with Gasteiger partial charge in [-0.15, -0.1) is 11.3 Å². The molecule has 0 radical (unpaired) electrons. The first-order valence-electron chi connectivity index (χ1n) is 8.79. The molecular weight excluding hydrogens is 380 g/mol. The van der Waals surface area contributed by atoms with Crippen LogP contribution in [0.15, 0.2) is 53.3 Å². The Balaban J connectivity index is 1.26. The van der Waals surface area contributed by atoms with Crippen LogP contribution in [0.25, 0.3) is 10.4 Å². The molecule has 0 saturated carbocycles. The number of amides is 2. The fourth-order valence-corrected chi connectivity index (χ4v) is 3.75. The van der Waals surface area contributed by atoms with Crippen molar-refractivity contribution < 1.29 is 23.5 Å². The number of carbonyl (C=O) groups excluding carboxylic acids is 2. The van der Waals surface area contributed by atoms with Crippen LogP contribution in [0, 0.1) is 0 Å². The predicted molar refractivity (Wildman–Crippen MR) is 105 cm³/mol. The first kappa shape index (κ1) is 18.1. The standard InChI is InChI=1S/C20H18N2O5S/c23-19(20(24)22-14-1-3-16-17(11-14)27-10-9-26-16)21-7-5-15-2-4-18(28-15)13-6-8-25-12-13/h1-4,6,8,11-12H,5,7,9-10H2,(H,21,23)(H,22,24). The number of benzene rings is 1. The summed E-state index contributed by atoms with van der Waals surface area (Å²) in [4.78, 5) is 26.3. The number of nitrogens with one attached hydrogen (secondary N) is 2. The molecular formula is C20H18N2O5S. The molecule has 0 saturated heterocycles. The molecule has 2 aromatic heterocycles. The average Bonchev–Trinajstić information content (AvgIpc) is 3.39. The van der Waals surface area contributed by atoms with Gasteiger partial charge in [-0.05, 0) is 36.8 Å². The van der Waals surface area contributed by atoms with Gasteiger partial charge in [-0.1, -0.05) is 0 Å². The zero-order valence-corrected chi connectivity index (χ0v) is 15.7. The second kappa shape index (κ2) is 8.18. The van der Waals surface area contributed by atoms with Crippen LogP contribution in [0.5, 0.6) is 11.5 Å². The maximum atomic E-state index is 12.1. The second-order valence-electron chi connectivity index (χ2n) is 6.10. The van der Waals surface area contributed by atoms with E-state index >= 15 is 0 Å². The summed E-state index contributed by atoms with van der Waals surface area (Å²) in [6, 6.07) is 10.9. The van der Waals surface area contributed by atoms with Crippen LogP contribution in [0.2, 0.25) is 0 Å². The van der Waals surface area contributed by atoms with Gasteiger partial charge in [-0.3, -0.25) is 9.59 Å². The van der Waals surface area contributed by atoms with Gasteiger partial charge in [0, 0.05) is 33.6 Å². The molecule has 3 aromatic rings. The van der Waals surface area contributed by atoms with E-state index in [1.165, 1.54) is 0 Å². The van der Waals surface area contributed by atoms with Crippen molar-refractivity contribution in [1.29, 1.82) is 0 Å². The van der Waals surface area contributed by atoms with Crippen LogP contribution < -0.4 is 20.1 Å². The lowest BCUT2D eigenvalue weighted by molar-refractivity contribution is -0.136. The van der Waals surface area contributed by atoms with Gasteiger partial charge in [0.1, 0.15) is 13.2 Å². The van der Waals surface area contributed by atoms with E-state index in [0.717, 1.165) is 15.3 Å². The fourth-order valence-electron chi connectivity index (χ4n) is 2.76. The molecule has 0 bridgehead atoms. The van der Waals surface area contributed by atoms with Crippen LogP contribution >= 0.6 is 11.3 Å². The van der Waals surface area contributed by atoms with Crippen molar-refractivity contribution in [1.82, 2.24) is 5.32 Å². The average molecular weight is 398 g/mol. The van der Waals surface area contributed by atoms with Crippen LogP contribution in [0.3, 0.4) is 0 Å². The first-order chi connectivity index (χ1) is 13.7. The molecule has 28 heavy (non-hydrogen) atoms. The van der Waals surface area contributed by atoms with E-state index in [4.69, 9.17) is 13.9 Å². The van der Waals surface area contributed by atoms with Gasteiger partial charge in [0.25, 0.3) is 0 Å². The zero-order valence-electron chi connectivity index (χ0n) is 14.9. The van der Waals surface area contributed by atoms with Crippen molar-refractivity contribution in [3.05, 3.63) is 53.8 Å². The number of hydrogen-bond acceptors (Lipinski definition) is 6. The molecule has 2 N–H and O–H groups in total. The van der Waals surface area contributed by atoms with E-state index in [1.54, 1.807) is 42.1 Å².